The summed E-state index contributed by atoms with van der Waals surface area (Å²) in [5, 5.41) is 3.75. The lowest BCUT2D eigenvalue weighted by Crippen LogP contribution is -2.36. The molecule has 2 aromatic carbocycles. The minimum Gasteiger partial charge on any atom is -0.495 e. The van der Waals surface area contributed by atoms with Gasteiger partial charge in [-0.15, -0.1) is 0 Å². The van der Waals surface area contributed by atoms with Crippen molar-refractivity contribution in [2.24, 2.45) is 0 Å². The van der Waals surface area contributed by atoms with Gasteiger partial charge in [-0.1, -0.05) is 35.9 Å². The molecule has 0 radical (unpaired) electrons. The molecule has 0 atom stereocenters. The van der Waals surface area contributed by atoms with Crippen molar-refractivity contribution in [3.63, 3.8) is 0 Å². The molecule has 6 heteroatoms. The monoisotopic (exact) mass is 393 g/mol. The first-order valence-corrected chi connectivity index (χ1v) is 9.43. The third kappa shape index (κ3) is 3.80. The Bertz CT molecular complexity index is 1020. The first kappa shape index (κ1) is 18.3. The van der Waals surface area contributed by atoms with Gasteiger partial charge in [-0.2, -0.15) is 0 Å². The van der Waals surface area contributed by atoms with Crippen molar-refractivity contribution >= 4 is 28.9 Å². The Labute approximate surface area is 168 Å². The van der Waals surface area contributed by atoms with E-state index in [9.17, 15) is 4.79 Å². The van der Waals surface area contributed by atoms with Gasteiger partial charge in [-0.3, -0.25) is 9.78 Å². The van der Waals surface area contributed by atoms with Crippen molar-refractivity contribution in [3.8, 4) is 5.75 Å². The van der Waals surface area contributed by atoms with Crippen LogP contribution in [0.25, 0.3) is 0 Å². The highest BCUT2D eigenvalue weighted by Gasteiger charge is 2.22. The van der Waals surface area contributed by atoms with Gasteiger partial charge in [0.25, 0.3) is 5.91 Å². The highest BCUT2D eigenvalue weighted by atomic mass is 35.5. The SMILES string of the molecule is COc1ccc(Nc2cncc(C(=O)N3CCc4ccccc4C3)c2)cc1Cl. The fourth-order valence-electron chi connectivity index (χ4n) is 3.39. The lowest BCUT2D eigenvalue weighted by Gasteiger charge is -2.29. The molecule has 0 unspecified atom stereocenters. The Morgan fingerprint density at radius 1 is 1.11 bits per heavy atom. The second-order valence-corrected chi connectivity index (χ2v) is 7.09. The van der Waals surface area contributed by atoms with Crippen LogP contribution >= 0.6 is 11.6 Å². The maximum absolute atomic E-state index is 13.0. The molecule has 0 fully saturated rings. The summed E-state index contributed by atoms with van der Waals surface area (Å²) in [7, 11) is 1.58. The number of pyridine rings is 1. The number of aromatic nitrogens is 1. The van der Waals surface area contributed by atoms with Gasteiger partial charge in [0.05, 0.1) is 29.6 Å². The number of carbonyl (C=O) groups excluding carboxylic acids is 1. The van der Waals surface area contributed by atoms with Crippen molar-refractivity contribution in [1.29, 1.82) is 0 Å². The Hall–Kier alpha value is -3.05. The van der Waals surface area contributed by atoms with Crippen molar-refractivity contribution in [3.05, 3.63) is 82.6 Å². The van der Waals surface area contributed by atoms with E-state index in [0.717, 1.165) is 17.8 Å². The van der Waals surface area contributed by atoms with Gasteiger partial charge in [0, 0.05) is 25.0 Å². The van der Waals surface area contributed by atoms with Crippen LogP contribution < -0.4 is 10.1 Å². The van der Waals surface area contributed by atoms with Crippen LogP contribution in [0.1, 0.15) is 21.5 Å². The summed E-state index contributed by atoms with van der Waals surface area (Å²) >= 11 is 6.18. The van der Waals surface area contributed by atoms with Gasteiger partial charge in [0.1, 0.15) is 5.75 Å². The number of hydrogen-bond donors (Lipinski definition) is 1. The molecule has 1 N–H and O–H groups in total. The van der Waals surface area contributed by atoms with E-state index in [1.54, 1.807) is 31.6 Å². The number of nitrogens with zero attached hydrogens (tertiary/aromatic N) is 2. The molecule has 142 valence electrons. The van der Waals surface area contributed by atoms with E-state index in [-0.39, 0.29) is 5.91 Å². The number of benzene rings is 2. The first-order chi connectivity index (χ1) is 13.6. The lowest BCUT2D eigenvalue weighted by atomic mass is 9.99. The van der Waals surface area contributed by atoms with E-state index < -0.39 is 0 Å². The number of ether oxygens (including phenoxy) is 1. The number of hydrogen-bond acceptors (Lipinski definition) is 4. The Balaban J connectivity index is 1.51. The van der Waals surface area contributed by atoms with Gasteiger partial charge in [0.2, 0.25) is 0 Å². The second kappa shape index (κ2) is 7.90. The number of halogens is 1. The van der Waals surface area contributed by atoms with Crippen molar-refractivity contribution in [2.75, 3.05) is 19.0 Å². The quantitative estimate of drug-likeness (QED) is 0.698. The minimum absolute atomic E-state index is 0.0154. The molecular formula is C22H20ClN3O2. The summed E-state index contributed by atoms with van der Waals surface area (Å²) in [5.41, 5.74) is 4.60. The highest BCUT2D eigenvalue weighted by Crippen LogP contribution is 2.29. The smallest absolute Gasteiger partial charge is 0.255 e. The summed E-state index contributed by atoms with van der Waals surface area (Å²) in [6, 6.07) is 15.5. The van der Waals surface area contributed by atoms with E-state index in [4.69, 9.17) is 16.3 Å². The molecule has 0 aliphatic carbocycles. The summed E-state index contributed by atoms with van der Waals surface area (Å²) < 4.78 is 5.17. The van der Waals surface area contributed by atoms with E-state index in [0.29, 0.717) is 29.4 Å². The van der Waals surface area contributed by atoms with Crippen LogP contribution in [-0.4, -0.2) is 29.4 Å². The summed E-state index contributed by atoms with van der Waals surface area (Å²) in [6.07, 6.45) is 4.16. The normalized spacial score (nSPS) is 13.0. The standard InChI is InChI=1S/C22H20ClN3O2/c1-28-21-7-6-18(11-20(21)23)25-19-10-17(12-24-13-19)22(27)26-9-8-15-4-2-3-5-16(15)14-26/h2-7,10-13,25H,8-9,14H2,1H3. The predicted molar refractivity (Wildman–Crippen MR) is 110 cm³/mol. The third-order valence-electron chi connectivity index (χ3n) is 4.84. The van der Waals surface area contributed by atoms with Gasteiger partial charge in [-0.05, 0) is 41.8 Å². The maximum Gasteiger partial charge on any atom is 0.255 e. The zero-order valence-electron chi connectivity index (χ0n) is 15.5. The van der Waals surface area contributed by atoms with E-state index in [1.165, 1.54) is 11.1 Å². The molecule has 0 bridgehead atoms. The van der Waals surface area contributed by atoms with Crippen LogP contribution in [0.4, 0.5) is 11.4 Å². The van der Waals surface area contributed by atoms with Crippen molar-refractivity contribution < 1.29 is 9.53 Å². The average molecular weight is 394 g/mol. The van der Waals surface area contributed by atoms with Gasteiger partial charge in [0.15, 0.2) is 0 Å². The lowest BCUT2D eigenvalue weighted by molar-refractivity contribution is 0.0734. The van der Waals surface area contributed by atoms with Crippen molar-refractivity contribution in [1.82, 2.24) is 9.88 Å². The Morgan fingerprint density at radius 2 is 1.93 bits per heavy atom. The molecule has 2 heterocycles. The molecule has 0 saturated carbocycles. The number of fused-ring (bicyclic) bond motifs is 1. The van der Waals surface area contributed by atoms with Crippen LogP contribution in [0.15, 0.2) is 60.9 Å². The number of methoxy groups -OCH3 is 1. The fraction of sp³-hybridized carbons (Fsp3) is 0.182. The highest BCUT2D eigenvalue weighted by molar-refractivity contribution is 6.32. The van der Waals surface area contributed by atoms with Gasteiger partial charge in [-0.25, -0.2) is 0 Å². The molecule has 0 spiro atoms. The largest absolute Gasteiger partial charge is 0.495 e. The summed E-state index contributed by atoms with van der Waals surface area (Å²) in [6.45, 7) is 1.34. The minimum atomic E-state index is -0.0154. The zero-order chi connectivity index (χ0) is 19.5. The first-order valence-electron chi connectivity index (χ1n) is 9.06. The Morgan fingerprint density at radius 3 is 2.71 bits per heavy atom. The average Bonchev–Trinajstić information content (AvgIpc) is 2.73. The molecule has 1 amide bonds. The van der Waals surface area contributed by atoms with Crippen LogP contribution in [0, 0.1) is 0 Å². The number of nitrogens with one attached hydrogen (secondary N) is 1. The number of rotatable bonds is 4. The van der Waals surface area contributed by atoms with E-state index in [1.807, 2.05) is 29.2 Å². The predicted octanol–water partition coefficient (Wildman–Crippen LogP) is 4.69. The molecule has 3 aromatic rings. The van der Waals surface area contributed by atoms with E-state index >= 15 is 0 Å². The summed E-state index contributed by atoms with van der Waals surface area (Å²) in [4.78, 5) is 19.1. The fourth-order valence-corrected chi connectivity index (χ4v) is 3.65. The van der Waals surface area contributed by atoms with Crippen LogP contribution in [0.5, 0.6) is 5.75 Å². The number of anilines is 2. The van der Waals surface area contributed by atoms with Crippen LogP contribution in [0.2, 0.25) is 5.02 Å². The molecule has 4 rings (SSSR count). The molecular weight excluding hydrogens is 374 g/mol. The molecule has 1 aliphatic heterocycles. The summed E-state index contributed by atoms with van der Waals surface area (Å²) in [5.74, 6) is 0.595. The van der Waals surface area contributed by atoms with Crippen LogP contribution in [0.3, 0.4) is 0 Å². The zero-order valence-corrected chi connectivity index (χ0v) is 16.2. The van der Waals surface area contributed by atoms with Crippen LogP contribution in [-0.2, 0) is 13.0 Å². The molecule has 0 saturated heterocycles. The molecule has 1 aliphatic rings. The van der Waals surface area contributed by atoms with Gasteiger partial charge >= 0.3 is 0 Å². The molecule has 1 aromatic heterocycles. The van der Waals surface area contributed by atoms with Crippen molar-refractivity contribution in [2.45, 2.75) is 13.0 Å². The molecule has 28 heavy (non-hydrogen) atoms. The van der Waals surface area contributed by atoms with E-state index in [2.05, 4.69) is 22.4 Å². The maximum atomic E-state index is 13.0. The molecule has 5 nitrogen and oxygen atoms in total. The third-order valence-corrected chi connectivity index (χ3v) is 5.14. The number of amides is 1. The Kier molecular flexibility index (Phi) is 5.17. The number of carbonyl (C=O) groups is 1. The van der Waals surface area contributed by atoms with Gasteiger partial charge < -0.3 is 15.0 Å². The topological polar surface area (TPSA) is 54.5 Å². The second-order valence-electron chi connectivity index (χ2n) is 6.68.